The lowest BCUT2D eigenvalue weighted by molar-refractivity contribution is 0.571. The summed E-state index contributed by atoms with van der Waals surface area (Å²) in [5, 5.41) is 0.756. The molecule has 1 aromatic heterocycles. The third kappa shape index (κ3) is 3.11. The first-order valence-corrected chi connectivity index (χ1v) is 6.72. The van der Waals surface area contributed by atoms with Crippen molar-refractivity contribution in [2.24, 2.45) is 5.73 Å². The van der Waals surface area contributed by atoms with Crippen LogP contribution >= 0.6 is 11.8 Å². The van der Waals surface area contributed by atoms with Crippen molar-refractivity contribution in [2.75, 3.05) is 0 Å². The smallest absolute Gasteiger partial charge is 0.170 e. The molecule has 1 heterocycles. The molecule has 0 saturated carbocycles. The van der Waals surface area contributed by atoms with Gasteiger partial charge in [-0.2, -0.15) is 0 Å². The van der Waals surface area contributed by atoms with Gasteiger partial charge < -0.3 is 10.7 Å². The molecule has 0 saturated heterocycles. The predicted molar refractivity (Wildman–Crippen MR) is 71.1 cm³/mol. The number of rotatable bonds is 5. The van der Waals surface area contributed by atoms with Gasteiger partial charge in [0.25, 0.3) is 0 Å². The van der Waals surface area contributed by atoms with Crippen LogP contribution < -0.4 is 5.73 Å². The zero-order valence-electron chi connectivity index (χ0n) is 10.2. The molecule has 0 radical (unpaired) electrons. The van der Waals surface area contributed by atoms with E-state index in [0.717, 1.165) is 16.5 Å². The molecule has 2 rings (SSSR count). The standard InChI is InChI=1S/C13H16FN3S/c1-2-9(15)8-10-11(14)4-3-5-12(10)18-13-16-6-7-17-13/h3-7,9H,2,8,15H2,1H3,(H,16,17). The maximum atomic E-state index is 13.9. The predicted octanol–water partition coefficient (Wildman–Crippen LogP) is 2.98. The number of nitrogens with two attached hydrogens (primary N) is 1. The van der Waals surface area contributed by atoms with E-state index in [9.17, 15) is 4.39 Å². The van der Waals surface area contributed by atoms with Crippen LogP contribution in [0, 0.1) is 5.82 Å². The second kappa shape index (κ2) is 6.02. The monoisotopic (exact) mass is 265 g/mol. The van der Waals surface area contributed by atoms with Gasteiger partial charge in [-0.1, -0.05) is 24.8 Å². The molecule has 0 bridgehead atoms. The highest BCUT2D eigenvalue weighted by Gasteiger charge is 2.13. The van der Waals surface area contributed by atoms with Crippen LogP contribution in [0.3, 0.4) is 0 Å². The Labute approximate surface area is 110 Å². The normalized spacial score (nSPS) is 12.6. The number of benzene rings is 1. The third-order valence-electron chi connectivity index (χ3n) is 2.75. The number of aromatic nitrogens is 2. The van der Waals surface area contributed by atoms with E-state index in [-0.39, 0.29) is 11.9 Å². The number of nitrogens with one attached hydrogen (secondary N) is 1. The van der Waals surface area contributed by atoms with Crippen LogP contribution in [0.1, 0.15) is 18.9 Å². The largest absolute Gasteiger partial charge is 0.339 e. The van der Waals surface area contributed by atoms with E-state index in [1.807, 2.05) is 13.0 Å². The molecule has 1 atom stereocenters. The number of hydrogen-bond acceptors (Lipinski definition) is 3. The molecular weight excluding hydrogens is 249 g/mol. The van der Waals surface area contributed by atoms with Gasteiger partial charge in [-0.05, 0) is 25.0 Å². The topological polar surface area (TPSA) is 54.7 Å². The Morgan fingerprint density at radius 3 is 3.00 bits per heavy atom. The molecule has 5 heteroatoms. The fourth-order valence-corrected chi connectivity index (χ4v) is 2.55. The summed E-state index contributed by atoms with van der Waals surface area (Å²) in [6, 6.07) is 5.07. The number of nitrogens with zero attached hydrogens (tertiary/aromatic N) is 1. The Morgan fingerprint density at radius 1 is 1.50 bits per heavy atom. The van der Waals surface area contributed by atoms with Crippen molar-refractivity contribution in [3.05, 3.63) is 42.0 Å². The van der Waals surface area contributed by atoms with Crippen molar-refractivity contribution in [1.82, 2.24) is 9.97 Å². The summed E-state index contributed by atoms with van der Waals surface area (Å²) in [6.07, 6.45) is 4.81. The number of aromatic amines is 1. The molecule has 0 aliphatic heterocycles. The number of H-pyrrole nitrogens is 1. The van der Waals surface area contributed by atoms with Crippen LogP contribution in [-0.4, -0.2) is 16.0 Å². The summed E-state index contributed by atoms with van der Waals surface area (Å²) < 4.78 is 13.9. The van der Waals surface area contributed by atoms with E-state index in [0.29, 0.717) is 12.0 Å². The van der Waals surface area contributed by atoms with E-state index in [2.05, 4.69) is 9.97 Å². The van der Waals surface area contributed by atoms with Crippen molar-refractivity contribution in [2.45, 2.75) is 35.9 Å². The molecule has 1 unspecified atom stereocenters. The summed E-state index contributed by atoms with van der Waals surface area (Å²) in [6.45, 7) is 2.00. The Hall–Kier alpha value is -1.33. The van der Waals surface area contributed by atoms with E-state index in [4.69, 9.17) is 5.73 Å². The van der Waals surface area contributed by atoms with Gasteiger partial charge in [0, 0.05) is 28.9 Å². The molecule has 3 N–H and O–H groups in total. The highest BCUT2D eigenvalue weighted by atomic mass is 32.2. The Kier molecular flexibility index (Phi) is 4.38. The minimum atomic E-state index is -0.199. The molecule has 0 aliphatic rings. The summed E-state index contributed by atoms with van der Waals surface area (Å²) >= 11 is 1.43. The van der Waals surface area contributed by atoms with Gasteiger partial charge in [-0.15, -0.1) is 0 Å². The van der Waals surface area contributed by atoms with Crippen LogP contribution in [0.5, 0.6) is 0 Å². The van der Waals surface area contributed by atoms with Gasteiger partial charge in [0.05, 0.1) is 0 Å². The van der Waals surface area contributed by atoms with Gasteiger partial charge in [0.2, 0.25) is 0 Å². The van der Waals surface area contributed by atoms with Crippen molar-refractivity contribution in [3.8, 4) is 0 Å². The second-order valence-corrected chi connectivity index (χ2v) is 5.12. The molecule has 0 amide bonds. The quantitative estimate of drug-likeness (QED) is 0.874. The van der Waals surface area contributed by atoms with Crippen molar-refractivity contribution < 1.29 is 4.39 Å². The zero-order chi connectivity index (χ0) is 13.0. The average Bonchev–Trinajstić information content (AvgIpc) is 2.86. The summed E-state index contributed by atoms with van der Waals surface area (Å²) in [4.78, 5) is 8.00. The highest BCUT2D eigenvalue weighted by molar-refractivity contribution is 7.99. The molecule has 3 nitrogen and oxygen atoms in total. The van der Waals surface area contributed by atoms with Gasteiger partial charge in [0.1, 0.15) is 5.82 Å². The maximum Gasteiger partial charge on any atom is 0.170 e. The SMILES string of the molecule is CCC(N)Cc1c(F)cccc1Sc1ncc[nH]1. The lowest BCUT2D eigenvalue weighted by Gasteiger charge is -2.13. The minimum Gasteiger partial charge on any atom is -0.339 e. The van der Waals surface area contributed by atoms with Crippen LogP contribution in [0.15, 0.2) is 40.6 Å². The maximum absolute atomic E-state index is 13.9. The van der Waals surface area contributed by atoms with E-state index >= 15 is 0 Å². The highest BCUT2D eigenvalue weighted by Crippen LogP contribution is 2.30. The van der Waals surface area contributed by atoms with Gasteiger partial charge in [-0.3, -0.25) is 0 Å². The Balaban J connectivity index is 2.26. The van der Waals surface area contributed by atoms with E-state index < -0.39 is 0 Å². The van der Waals surface area contributed by atoms with Gasteiger partial charge in [0.15, 0.2) is 5.16 Å². The molecule has 1 aromatic carbocycles. The van der Waals surface area contributed by atoms with Crippen LogP contribution in [0.2, 0.25) is 0 Å². The average molecular weight is 265 g/mol. The molecule has 0 fully saturated rings. The molecule has 0 spiro atoms. The lowest BCUT2D eigenvalue weighted by atomic mass is 10.0. The molecule has 96 valence electrons. The minimum absolute atomic E-state index is 0.0159. The Morgan fingerprint density at radius 2 is 2.33 bits per heavy atom. The molecule has 0 aliphatic carbocycles. The lowest BCUT2D eigenvalue weighted by Crippen LogP contribution is -2.22. The van der Waals surface area contributed by atoms with Crippen LogP contribution in [0.4, 0.5) is 4.39 Å². The molecular formula is C13H16FN3S. The Bertz CT molecular complexity index is 499. The summed E-state index contributed by atoms with van der Waals surface area (Å²) in [7, 11) is 0. The van der Waals surface area contributed by atoms with E-state index in [1.54, 1.807) is 18.5 Å². The van der Waals surface area contributed by atoms with Gasteiger partial charge >= 0.3 is 0 Å². The third-order valence-corrected chi connectivity index (χ3v) is 3.77. The zero-order valence-corrected chi connectivity index (χ0v) is 11.0. The first-order valence-electron chi connectivity index (χ1n) is 5.91. The fourth-order valence-electron chi connectivity index (χ4n) is 1.65. The summed E-state index contributed by atoms with van der Waals surface area (Å²) in [5.74, 6) is -0.199. The number of halogens is 1. The van der Waals surface area contributed by atoms with Crippen molar-refractivity contribution in [1.29, 1.82) is 0 Å². The van der Waals surface area contributed by atoms with Gasteiger partial charge in [-0.25, -0.2) is 9.37 Å². The molecule has 18 heavy (non-hydrogen) atoms. The van der Waals surface area contributed by atoms with E-state index in [1.165, 1.54) is 17.8 Å². The summed E-state index contributed by atoms with van der Waals surface area (Å²) in [5.41, 5.74) is 6.59. The number of imidazole rings is 1. The van der Waals surface area contributed by atoms with Crippen LogP contribution in [-0.2, 0) is 6.42 Å². The first-order chi connectivity index (χ1) is 8.70. The fraction of sp³-hybridized carbons (Fsp3) is 0.308. The van der Waals surface area contributed by atoms with Crippen molar-refractivity contribution in [3.63, 3.8) is 0 Å². The van der Waals surface area contributed by atoms with Crippen LogP contribution in [0.25, 0.3) is 0 Å². The number of hydrogen-bond donors (Lipinski definition) is 2. The van der Waals surface area contributed by atoms with Crippen molar-refractivity contribution >= 4 is 11.8 Å². The first kappa shape index (κ1) is 13.1. The second-order valence-electron chi connectivity index (χ2n) is 4.09. The molecule has 2 aromatic rings.